The Morgan fingerprint density at radius 2 is 1.47 bits per heavy atom. The summed E-state index contributed by atoms with van der Waals surface area (Å²) in [6.07, 6.45) is 4.23. The topological polar surface area (TPSA) is 171 Å². The van der Waals surface area contributed by atoms with Crippen LogP contribution in [0.1, 0.15) is 117 Å². The van der Waals surface area contributed by atoms with Gasteiger partial charge in [0.15, 0.2) is 25.7 Å². The Kier molecular flexibility index (Phi) is 20.4. The summed E-state index contributed by atoms with van der Waals surface area (Å²) in [6.45, 7) is 25.6. The smallest absolute Gasteiger partial charge is 0.280 e. The number of fused-ring (bicyclic) bond motifs is 1. The lowest BCUT2D eigenvalue weighted by atomic mass is 9.80. The summed E-state index contributed by atoms with van der Waals surface area (Å²) >= 11 is 0. The van der Waals surface area contributed by atoms with Crippen molar-refractivity contribution < 1.29 is 32.4 Å². The molecule has 0 radical (unpaired) electrons. The zero-order valence-electron chi connectivity index (χ0n) is 45.3. The van der Waals surface area contributed by atoms with Gasteiger partial charge in [0.2, 0.25) is 5.95 Å². The van der Waals surface area contributed by atoms with Gasteiger partial charge in [-0.05, 0) is 99.6 Å². The fourth-order valence-electron chi connectivity index (χ4n) is 8.77. The molecule has 0 aliphatic carbocycles. The van der Waals surface area contributed by atoms with E-state index in [-0.39, 0.29) is 53.9 Å². The number of unbranched alkanes of at least 4 members (excludes halogenated alkanes) is 2. The van der Waals surface area contributed by atoms with Crippen molar-refractivity contribution in [3.63, 3.8) is 0 Å². The van der Waals surface area contributed by atoms with Gasteiger partial charge in [-0.15, -0.1) is 0 Å². The first-order chi connectivity index (χ1) is 34.9. The number of aromatic amines is 1. The number of aromatic nitrogens is 4. The molecule has 16 nitrogen and oxygen atoms in total. The molecule has 3 heterocycles. The number of hydrogen-bond donors (Lipinski definition) is 1. The molecule has 5 aromatic rings. The van der Waals surface area contributed by atoms with Gasteiger partial charge < -0.3 is 37.3 Å². The molecule has 0 bridgehead atoms. The average molecular weight is 1040 g/mol. The molecule has 1 N–H and O–H groups in total. The molecule has 2 aromatic heterocycles. The van der Waals surface area contributed by atoms with Crippen molar-refractivity contribution in [2.24, 2.45) is 4.99 Å². The first-order valence-electron chi connectivity index (χ1n) is 25.7. The summed E-state index contributed by atoms with van der Waals surface area (Å²) in [7, 11) is -1.23. The van der Waals surface area contributed by atoms with Gasteiger partial charge in [-0.1, -0.05) is 102 Å². The highest BCUT2D eigenvalue weighted by atomic mass is 31.2. The maximum atomic E-state index is 14.0. The van der Waals surface area contributed by atoms with Crippen molar-refractivity contribution in [2.75, 3.05) is 40.5 Å². The van der Waals surface area contributed by atoms with E-state index >= 15 is 0 Å². The van der Waals surface area contributed by atoms with Crippen molar-refractivity contribution in [1.82, 2.24) is 29.1 Å². The molecular formula is C55H79N8O8PSi. The molecule has 18 heteroatoms. The standard InChI is InChI=1S/C55H79N8O8PSi/c1-14-16-33-61(34-17-15-2)37-58-53-59-50-47(51(64)60-53)57-38-62(50)52-49(70-72(68-35-21-32-56)63(39(3)4)40(5)6)48(71-73(12,13)54(7,8)9)46(69-52)36-67-55(41-22-19-18-20-23-41,42-24-28-44(65-10)29-25-42)43-26-30-45(66-11)31-27-43/h18-20,22-31,37-40,46,48-49,52H,14-17,21,33-36H2,1-13H3,(H,59,60,64)/b58-37+/t46-,48-,49-,52-,72?/m1/s1. The predicted molar refractivity (Wildman–Crippen MR) is 292 cm³/mol. The molecule has 0 spiro atoms. The monoisotopic (exact) mass is 1040 g/mol. The zero-order valence-corrected chi connectivity index (χ0v) is 47.2. The van der Waals surface area contributed by atoms with Crippen LogP contribution in [0.2, 0.25) is 18.1 Å². The fraction of sp³-hybridized carbons (Fsp3) is 0.545. The minimum Gasteiger partial charge on any atom is -0.497 e. The number of hydrogen-bond acceptors (Lipinski definition) is 13. The van der Waals surface area contributed by atoms with E-state index < -0.39 is 52.5 Å². The molecular weight excluding hydrogens is 960 g/mol. The Morgan fingerprint density at radius 3 is 1.99 bits per heavy atom. The van der Waals surface area contributed by atoms with Crippen LogP contribution in [0, 0.1) is 11.3 Å². The quantitative estimate of drug-likeness (QED) is 0.0132. The van der Waals surface area contributed by atoms with E-state index in [1.54, 1.807) is 31.5 Å². The highest BCUT2D eigenvalue weighted by Gasteiger charge is 2.54. The number of benzene rings is 3. The zero-order chi connectivity index (χ0) is 52.9. The molecule has 0 saturated carbocycles. The molecule has 1 aliphatic rings. The Labute approximate surface area is 435 Å². The first kappa shape index (κ1) is 57.3. The number of aliphatic imine (C=N–C) groups is 1. The number of nitriles is 1. The van der Waals surface area contributed by atoms with E-state index in [9.17, 15) is 10.1 Å². The molecule has 1 aliphatic heterocycles. The van der Waals surface area contributed by atoms with E-state index in [0.29, 0.717) is 11.5 Å². The maximum Gasteiger partial charge on any atom is 0.280 e. The van der Waals surface area contributed by atoms with E-state index in [2.05, 4.69) is 113 Å². The molecule has 3 aromatic carbocycles. The first-order valence-corrected chi connectivity index (χ1v) is 29.8. The summed E-state index contributed by atoms with van der Waals surface area (Å²) in [4.78, 5) is 33.3. The minimum atomic E-state index is -2.67. The van der Waals surface area contributed by atoms with E-state index in [1.165, 1.54) is 0 Å². The summed E-state index contributed by atoms with van der Waals surface area (Å²) in [6, 6.07) is 28.2. The second kappa shape index (κ2) is 26.0. The molecule has 73 heavy (non-hydrogen) atoms. The lowest BCUT2D eigenvalue weighted by Gasteiger charge is -2.43. The normalized spacial score (nSPS) is 18.1. The van der Waals surface area contributed by atoms with Crippen molar-refractivity contribution in [3.8, 4) is 17.6 Å². The number of rotatable bonds is 27. The number of H-pyrrole nitrogens is 1. The van der Waals surface area contributed by atoms with Crippen LogP contribution < -0.4 is 15.0 Å². The lowest BCUT2D eigenvalue weighted by Crippen LogP contribution is -2.51. The summed E-state index contributed by atoms with van der Waals surface area (Å²) in [5.74, 6) is 1.55. The van der Waals surface area contributed by atoms with Crippen LogP contribution in [0.15, 0.2) is 95.0 Å². The van der Waals surface area contributed by atoms with Gasteiger partial charge in [-0.25, -0.2) is 14.6 Å². The van der Waals surface area contributed by atoms with Crippen LogP contribution in [-0.2, 0) is 28.5 Å². The third-order valence-electron chi connectivity index (χ3n) is 13.7. The molecule has 0 amide bonds. The highest BCUT2D eigenvalue weighted by Crippen LogP contribution is 2.53. The van der Waals surface area contributed by atoms with E-state index in [1.807, 2.05) is 66.7 Å². The van der Waals surface area contributed by atoms with Gasteiger partial charge in [0.05, 0.1) is 52.6 Å². The van der Waals surface area contributed by atoms with Gasteiger partial charge in [0, 0.05) is 25.2 Å². The summed E-state index contributed by atoms with van der Waals surface area (Å²) in [5.41, 5.74) is 1.36. The van der Waals surface area contributed by atoms with E-state index in [4.69, 9.17) is 42.4 Å². The van der Waals surface area contributed by atoms with Crippen LogP contribution in [-0.4, -0.2) is 115 Å². The molecule has 1 unspecified atom stereocenters. The van der Waals surface area contributed by atoms with Gasteiger partial charge >= 0.3 is 0 Å². The second-order valence-corrected chi connectivity index (χ2v) is 26.7. The van der Waals surface area contributed by atoms with Crippen LogP contribution in [0.4, 0.5) is 5.95 Å². The van der Waals surface area contributed by atoms with Gasteiger partial charge in [0.1, 0.15) is 35.4 Å². The highest BCUT2D eigenvalue weighted by molar-refractivity contribution is 7.44. The third kappa shape index (κ3) is 13.6. The molecule has 5 atom stereocenters. The Balaban J connectivity index is 1.57. The Bertz CT molecular complexity index is 2550. The third-order valence-corrected chi connectivity index (χ3v) is 20.3. The van der Waals surface area contributed by atoms with Crippen molar-refractivity contribution in [2.45, 2.75) is 155 Å². The van der Waals surface area contributed by atoms with Crippen molar-refractivity contribution in [3.05, 3.63) is 112 Å². The van der Waals surface area contributed by atoms with Gasteiger partial charge in [-0.2, -0.15) is 10.2 Å². The molecule has 1 fully saturated rings. The summed E-state index contributed by atoms with van der Waals surface area (Å²) in [5, 5.41) is 9.45. The van der Waals surface area contributed by atoms with Crippen LogP contribution in [0.5, 0.6) is 11.5 Å². The van der Waals surface area contributed by atoms with Crippen molar-refractivity contribution in [1.29, 1.82) is 5.26 Å². The fourth-order valence-corrected chi connectivity index (χ4v) is 11.8. The van der Waals surface area contributed by atoms with Gasteiger partial charge in [-0.3, -0.25) is 14.3 Å². The predicted octanol–water partition coefficient (Wildman–Crippen LogP) is 11.7. The second-order valence-electron chi connectivity index (χ2n) is 20.5. The molecule has 1 saturated heterocycles. The molecule has 396 valence electrons. The average Bonchev–Trinajstić information content (AvgIpc) is 3.94. The minimum absolute atomic E-state index is 0.00252. The SMILES string of the molecule is CCCCN(/C=N/c1nc2c(ncn2[C@@H]2O[C@H](COC(c3ccccc3)(c3ccc(OC)cc3)c3ccc(OC)cc3)[C@@H](O[Si](C)(C)C(C)(C)C)[C@H]2OP(OCCC#N)N(C(C)C)C(C)C)c(=O)[nH]1)CCCC. The Morgan fingerprint density at radius 1 is 0.890 bits per heavy atom. The van der Waals surface area contributed by atoms with Crippen LogP contribution >= 0.6 is 8.53 Å². The maximum absolute atomic E-state index is 14.0. The number of nitrogens with zero attached hydrogens (tertiary/aromatic N) is 7. The largest absolute Gasteiger partial charge is 0.497 e. The number of methoxy groups -OCH3 is 2. The van der Waals surface area contributed by atoms with E-state index in [0.717, 1.165) is 55.5 Å². The number of nitrogens with one attached hydrogen (secondary N) is 1. The lowest BCUT2D eigenvalue weighted by molar-refractivity contribution is -0.0928. The van der Waals surface area contributed by atoms with Crippen LogP contribution in [0.3, 0.4) is 0 Å². The Hall–Kier alpha value is -5.02. The van der Waals surface area contributed by atoms with Crippen LogP contribution in [0.25, 0.3) is 11.2 Å². The summed E-state index contributed by atoms with van der Waals surface area (Å²) < 4.78 is 51.8. The molecule has 6 rings (SSSR count). The number of imidazole rings is 1. The number of ether oxygens (including phenoxy) is 4. The van der Waals surface area contributed by atoms with Crippen molar-refractivity contribution >= 4 is 40.3 Å². The van der Waals surface area contributed by atoms with Gasteiger partial charge in [0.25, 0.3) is 14.1 Å².